The highest BCUT2D eigenvalue weighted by Gasteiger charge is 2.32. The van der Waals surface area contributed by atoms with Gasteiger partial charge in [-0.15, -0.1) is 0 Å². The Labute approximate surface area is 83.5 Å². The lowest BCUT2D eigenvalue weighted by atomic mass is 10.1. The van der Waals surface area contributed by atoms with Gasteiger partial charge in [0.2, 0.25) is 5.91 Å². The van der Waals surface area contributed by atoms with Crippen molar-refractivity contribution in [2.45, 2.75) is 32.7 Å². The Hall–Kier alpha value is -1.32. The zero-order valence-electron chi connectivity index (χ0n) is 8.74. The number of esters is 1. The van der Waals surface area contributed by atoms with Gasteiger partial charge in [-0.1, -0.05) is 12.5 Å². The van der Waals surface area contributed by atoms with Crippen molar-refractivity contribution in [2.75, 3.05) is 7.11 Å². The normalized spacial score (nSPS) is 20.6. The number of rotatable bonds is 2. The second kappa shape index (κ2) is 4.26. The van der Waals surface area contributed by atoms with Crippen LogP contribution in [0.4, 0.5) is 0 Å². The Kier molecular flexibility index (Phi) is 3.28. The summed E-state index contributed by atoms with van der Waals surface area (Å²) in [6, 6.07) is -0.451. The van der Waals surface area contributed by atoms with Crippen LogP contribution in [0.15, 0.2) is 11.8 Å². The van der Waals surface area contributed by atoms with Crippen LogP contribution in [-0.4, -0.2) is 29.9 Å². The molecular formula is C10H15NO3. The number of nitrogens with zero attached hydrogens (tertiary/aromatic N) is 1. The molecule has 78 valence electrons. The molecule has 0 aliphatic carbocycles. The number of hydrogen-bond acceptors (Lipinski definition) is 3. The molecule has 1 heterocycles. The molecule has 1 unspecified atom stereocenters. The van der Waals surface area contributed by atoms with Gasteiger partial charge < -0.3 is 9.64 Å². The molecule has 1 amide bonds. The van der Waals surface area contributed by atoms with Crippen molar-refractivity contribution in [1.29, 1.82) is 0 Å². The molecule has 0 radical (unpaired) electrons. The molecule has 0 N–H and O–H groups in total. The van der Waals surface area contributed by atoms with Crippen molar-refractivity contribution in [2.24, 2.45) is 0 Å². The first-order valence-electron chi connectivity index (χ1n) is 4.66. The molecule has 0 bridgehead atoms. The molecule has 1 atom stereocenters. The number of amides is 1. The predicted octanol–water partition coefficient (Wildman–Crippen LogP) is 1.07. The highest BCUT2D eigenvalue weighted by molar-refractivity contribution is 5.85. The van der Waals surface area contributed by atoms with Gasteiger partial charge >= 0.3 is 5.97 Å². The number of carbonyl (C=O) groups excluding carboxylic acids is 2. The second-order valence-corrected chi connectivity index (χ2v) is 3.31. The zero-order chi connectivity index (χ0) is 10.7. The monoisotopic (exact) mass is 197 g/mol. The molecule has 1 aliphatic rings. The SMILES string of the molecule is CCC1=CN(C(C)=O)C(C(=O)OC)C1. The Morgan fingerprint density at radius 1 is 1.64 bits per heavy atom. The summed E-state index contributed by atoms with van der Waals surface area (Å²) in [6.45, 7) is 3.45. The van der Waals surface area contributed by atoms with E-state index in [0.717, 1.165) is 12.0 Å². The molecule has 4 heteroatoms. The highest BCUT2D eigenvalue weighted by Crippen LogP contribution is 2.24. The van der Waals surface area contributed by atoms with Crippen LogP contribution in [0.1, 0.15) is 26.7 Å². The average Bonchev–Trinajstić information content (AvgIpc) is 2.60. The summed E-state index contributed by atoms with van der Waals surface area (Å²) in [6.07, 6.45) is 3.21. The van der Waals surface area contributed by atoms with E-state index in [1.165, 1.54) is 18.9 Å². The van der Waals surface area contributed by atoms with Crippen LogP contribution < -0.4 is 0 Å². The van der Waals surface area contributed by atoms with Crippen LogP contribution in [0.2, 0.25) is 0 Å². The molecule has 0 fully saturated rings. The summed E-state index contributed by atoms with van der Waals surface area (Å²) < 4.78 is 4.64. The van der Waals surface area contributed by atoms with Gasteiger partial charge in [0.15, 0.2) is 0 Å². The zero-order valence-corrected chi connectivity index (χ0v) is 8.74. The van der Waals surface area contributed by atoms with Gasteiger partial charge in [-0.2, -0.15) is 0 Å². The summed E-state index contributed by atoms with van der Waals surface area (Å²) in [5, 5.41) is 0. The van der Waals surface area contributed by atoms with E-state index >= 15 is 0 Å². The maximum Gasteiger partial charge on any atom is 0.329 e. The van der Waals surface area contributed by atoms with Crippen molar-refractivity contribution in [3.05, 3.63) is 11.8 Å². The average molecular weight is 197 g/mol. The van der Waals surface area contributed by atoms with Crippen LogP contribution in [0.5, 0.6) is 0 Å². The van der Waals surface area contributed by atoms with Gasteiger partial charge in [0.05, 0.1) is 7.11 Å². The standard InChI is InChI=1S/C10H15NO3/c1-4-8-5-9(10(13)14-3)11(6-8)7(2)12/h6,9H,4-5H2,1-3H3. The molecule has 0 saturated heterocycles. The van der Waals surface area contributed by atoms with E-state index in [2.05, 4.69) is 4.74 Å². The maximum absolute atomic E-state index is 11.3. The third kappa shape index (κ3) is 1.95. The lowest BCUT2D eigenvalue weighted by Gasteiger charge is -2.19. The minimum atomic E-state index is -0.451. The van der Waals surface area contributed by atoms with E-state index in [-0.39, 0.29) is 11.9 Å². The fourth-order valence-corrected chi connectivity index (χ4v) is 1.56. The largest absolute Gasteiger partial charge is 0.467 e. The molecule has 4 nitrogen and oxygen atoms in total. The molecular weight excluding hydrogens is 182 g/mol. The third-order valence-electron chi connectivity index (χ3n) is 2.40. The number of hydrogen-bond donors (Lipinski definition) is 0. The van der Waals surface area contributed by atoms with E-state index in [4.69, 9.17) is 0 Å². The molecule has 0 aromatic carbocycles. The first-order chi connectivity index (χ1) is 6.60. The summed E-state index contributed by atoms with van der Waals surface area (Å²) in [4.78, 5) is 24.0. The van der Waals surface area contributed by atoms with E-state index in [1.807, 2.05) is 6.92 Å². The molecule has 1 aliphatic heterocycles. The van der Waals surface area contributed by atoms with Gasteiger partial charge in [-0.25, -0.2) is 4.79 Å². The molecule has 1 rings (SSSR count). The molecule has 0 spiro atoms. The van der Waals surface area contributed by atoms with Gasteiger partial charge in [-0.05, 0) is 6.42 Å². The van der Waals surface area contributed by atoms with Crippen molar-refractivity contribution in [1.82, 2.24) is 4.90 Å². The van der Waals surface area contributed by atoms with Crippen LogP contribution in [0.3, 0.4) is 0 Å². The van der Waals surface area contributed by atoms with Gasteiger partial charge in [0.25, 0.3) is 0 Å². The van der Waals surface area contributed by atoms with Crippen molar-refractivity contribution < 1.29 is 14.3 Å². The van der Waals surface area contributed by atoms with Crippen LogP contribution in [-0.2, 0) is 14.3 Å². The Morgan fingerprint density at radius 3 is 2.71 bits per heavy atom. The van der Waals surface area contributed by atoms with Gasteiger partial charge in [0.1, 0.15) is 6.04 Å². The van der Waals surface area contributed by atoms with E-state index in [1.54, 1.807) is 6.20 Å². The van der Waals surface area contributed by atoms with E-state index < -0.39 is 6.04 Å². The van der Waals surface area contributed by atoms with E-state index in [0.29, 0.717) is 6.42 Å². The third-order valence-corrected chi connectivity index (χ3v) is 2.40. The lowest BCUT2D eigenvalue weighted by Crippen LogP contribution is -2.38. The topological polar surface area (TPSA) is 46.6 Å². The minimum absolute atomic E-state index is 0.121. The summed E-state index contributed by atoms with van der Waals surface area (Å²) in [5.74, 6) is -0.469. The maximum atomic E-state index is 11.3. The number of ether oxygens (including phenoxy) is 1. The summed E-state index contributed by atoms with van der Waals surface area (Å²) in [7, 11) is 1.34. The predicted molar refractivity (Wildman–Crippen MR) is 51.3 cm³/mol. The smallest absolute Gasteiger partial charge is 0.329 e. The van der Waals surface area contributed by atoms with Gasteiger partial charge in [-0.3, -0.25) is 4.79 Å². The van der Waals surface area contributed by atoms with Crippen molar-refractivity contribution in [3.63, 3.8) is 0 Å². The summed E-state index contributed by atoms with van der Waals surface area (Å²) >= 11 is 0. The van der Waals surface area contributed by atoms with Crippen molar-refractivity contribution in [3.8, 4) is 0 Å². The fourth-order valence-electron chi connectivity index (χ4n) is 1.56. The molecule has 0 aromatic rings. The molecule has 0 saturated carbocycles. The first-order valence-corrected chi connectivity index (χ1v) is 4.66. The second-order valence-electron chi connectivity index (χ2n) is 3.31. The van der Waals surface area contributed by atoms with Crippen LogP contribution >= 0.6 is 0 Å². The Bertz CT molecular complexity index is 283. The summed E-state index contributed by atoms with van der Waals surface area (Å²) in [5.41, 5.74) is 1.11. The molecule has 0 aromatic heterocycles. The van der Waals surface area contributed by atoms with Gasteiger partial charge in [0, 0.05) is 19.5 Å². The molecule has 14 heavy (non-hydrogen) atoms. The number of methoxy groups -OCH3 is 1. The minimum Gasteiger partial charge on any atom is -0.467 e. The Balaban J connectivity index is 2.80. The van der Waals surface area contributed by atoms with Crippen LogP contribution in [0.25, 0.3) is 0 Å². The van der Waals surface area contributed by atoms with E-state index in [9.17, 15) is 9.59 Å². The first kappa shape index (κ1) is 10.8. The Morgan fingerprint density at radius 2 is 2.29 bits per heavy atom. The lowest BCUT2D eigenvalue weighted by molar-refractivity contribution is -0.149. The quantitative estimate of drug-likeness (QED) is 0.622. The van der Waals surface area contributed by atoms with Crippen molar-refractivity contribution >= 4 is 11.9 Å². The number of carbonyl (C=O) groups is 2. The van der Waals surface area contributed by atoms with Crippen LogP contribution in [0, 0.1) is 0 Å². The highest BCUT2D eigenvalue weighted by atomic mass is 16.5. The fraction of sp³-hybridized carbons (Fsp3) is 0.600.